The Morgan fingerprint density at radius 2 is 1.18 bits per heavy atom. The first kappa shape index (κ1) is 51.1. The third-order valence-corrected chi connectivity index (χ3v) is 10.3. The zero-order chi connectivity index (χ0) is 41.8. The molecule has 12 unspecified atom stereocenters. The Kier molecular flexibility index (Phi) is 27.7. The summed E-state index contributed by atoms with van der Waals surface area (Å²) >= 11 is 0. The van der Waals surface area contributed by atoms with Crippen LogP contribution in [0, 0.1) is 0 Å². The second-order valence-electron chi connectivity index (χ2n) is 15.1. The summed E-state index contributed by atoms with van der Waals surface area (Å²) in [6, 6.07) is -0.864. The summed E-state index contributed by atoms with van der Waals surface area (Å²) in [5.74, 6) is -0.292. The van der Waals surface area contributed by atoms with Crippen molar-refractivity contribution < 1.29 is 64.6 Å². The van der Waals surface area contributed by atoms with Crippen molar-refractivity contribution in [1.29, 1.82) is 0 Å². The van der Waals surface area contributed by atoms with Gasteiger partial charge in [0, 0.05) is 6.42 Å². The van der Waals surface area contributed by atoms with Crippen LogP contribution in [0.1, 0.15) is 123 Å². The monoisotopic (exact) mass is 814 g/mol. The Balaban J connectivity index is 1.95. The van der Waals surface area contributed by atoms with Crippen LogP contribution in [0.4, 0.5) is 0 Å². The van der Waals surface area contributed by atoms with Crippen molar-refractivity contribution in [2.24, 2.45) is 0 Å². The van der Waals surface area contributed by atoms with Crippen LogP contribution in [0.5, 0.6) is 0 Å². The zero-order valence-corrected chi connectivity index (χ0v) is 34.3. The minimum Gasteiger partial charge on any atom is -0.394 e. The molecule has 0 aromatic heterocycles. The number of rotatable bonds is 30. The topological polar surface area (TPSA) is 228 Å². The number of aliphatic hydroxyl groups is 8. The first-order chi connectivity index (χ1) is 27.6. The molecule has 0 saturated carbocycles. The summed E-state index contributed by atoms with van der Waals surface area (Å²) < 4.78 is 22.6. The van der Waals surface area contributed by atoms with Crippen LogP contribution in [-0.4, -0.2) is 140 Å². The first-order valence-corrected chi connectivity index (χ1v) is 21.4. The molecule has 0 aromatic rings. The second kappa shape index (κ2) is 30.9. The Labute approximate surface area is 340 Å². The maximum Gasteiger partial charge on any atom is 0.220 e. The number of carbonyl (C=O) groups is 1. The number of allylic oxidation sites excluding steroid dienone is 8. The molecule has 2 heterocycles. The van der Waals surface area contributed by atoms with Gasteiger partial charge in [-0.3, -0.25) is 4.79 Å². The van der Waals surface area contributed by atoms with Gasteiger partial charge in [-0.15, -0.1) is 0 Å². The van der Waals surface area contributed by atoms with Gasteiger partial charge in [-0.1, -0.05) is 127 Å². The minimum atomic E-state index is -1.79. The Bertz CT molecular complexity index is 1150. The molecule has 0 aliphatic carbocycles. The van der Waals surface area contributed by atoms with E-state index >= 15 is 0 Å². The molecular weight excluding hydrogens is 738 g/mol. The predicted octanol–water partition coefficient (Wildman–Crippen LogP) is 3.37. The lowest BCUT2D eigenvalue weighted by Crippen LogP contribution is -2.65. The van der Waals surface area contributed by atoms with Crippen LogP contribution in [0.25, 0.3) is 0 Å². The van der Waals surface area contributed by atoms with E-state index in [9.17, 15) is 45.6 Å². The van der Waals surface area contributed by atoms with Gasteiger partial charge in [-0.25, -0.2) is 0 Å². The van der Waals surface area contributed by atoms with E-state index in [4.69, 9.17) is 18.9 Å². The van der Waals surface area contributed by atoms with Crippen molar-refractivity contribution in [2.45, 2.75) is 197 Å². The molecule has 12 atom stereocenters. The number of hydrogen-bond acceptors (Lipinski definition) is 13. The molecule has 0 bridgehead atoms. The highest BCUT2D eigenvalue weighted by Gasteiger charge is 2.50. The molecule has 14 heteroatoms. The number of unbranched alkanes of at least 4 members (excludes halogenated alkanes) is 9. The lowest BCUT2D eigenvalue weighted by Gasteiger charge is -2.46. The van der Waals surface area contributed by atoms with Crippen LogP contribution in [0.3, 0.4) is 0 Å². The third-order valence-electron chi connectivity index (χ3n) is 10.3. The zero-order valence-electron chi connectivity index (χ0n) is 34.3. The predicted molar refractivity (Wildman–Crippen MR) is 217 cm³/mol. The summed E-state index contributed by atoms with van der Waals surface area (Å²) in [4.78, 5) is 13.0. The van der Waals surface area contributed by atoms with E-state index in [2.05, 4.69) is 55.6 Å². The standard InChI is InChI=1S/C43H75NO13/c1-3-5-7-9-11-13-15-16-17-19-21-23-25-27-35(48)44-31(32(47)26-24-22-20-18-14-12-10-8-6-4-2)30-54-42-40(53)38(51)41(34(29-46)56-42)57-43-39(52)37(50)36(49)33(28-45)55-43/h5,7,11,13,16-17,21,23,31-34,36-43,45-47,49-53H,3-4,6,8-10,12,14-15,18-20,22,24-30H2,1-2H3,(H,44,48)/b7-5-,13-11-,17-16-,23-21-. The van der Waals surface area contributed by atoms with Crippen LogP contribution >= 0.6 is 0 Å². The first-order valence-electron chi connectivity index (χ1n) is 21.4. The van der Waals surface area contributed by atoms with Crippen LogP contribution in [0.2, 0.25) is 0 Å². The van der Waals surface area contributed by atoms with Gasteiger partial charge in [-0.2, -0.15) is 0 Å². The summed E-state index contributed by atoms with van der Waals surface area (Å²) in [5.41, 5.74) is 0. The Hall–Kier alpha value is -2.05. The summed E-state index contributed by atoms with van der Waals surface area (Å²) in [6.07, 6.45) is 15.8. The van der Waals surface area contributed by atoms with Crippen molar-refractivity contribution in [2.75, 3.05) is 19.8 Å². The number of amides is 1. The fraction of sp³-hybridized carbons (Fsp3) is 0.791. The van der Waals surface area contributed by atoms with E-state index in [0.29, 0.717) is 12.8 Å². The molecule has 14 nitrogen and oxygen atoms in total. The number of hydrogen-bond donors (Lipinski definition) is 9. The Morgan fingerprint density at radius 3 is 1.75 bits per heavy atom. The smallest absolute Gasteiger partial charge is 0.220 e. The SMILES string of the molecule is CC/C=C\C/C=C\C/C=C\C/C=C\CCC(=O)NC(COC1OC(CO)C(OC2OC(CO)C(O)C(O)C2O)C(O)C1O)C(O)CCCCCCCCCCCC. The van der Waals surface area contributed by atoms with Gasteiger partial charge in [0.2, 0.25) is 5.91 Å². The molecule has 1 amide bonds. The van der Waals surface area contributed by atoms with Gasteiger partial charge in [-0.05, 0) is 38.5 Å². The minimum absolute atomic E-state index is 0.181. The maximum absolute atomic E-state index is 13.0. The number of aliphatic hydroxyl groups excluding tert-OH is 8. The fourth-order valence-corrected chi connectivity index (χ4v) is 6.77. The molecule has 2 saturated heterocycles. The van der Waals surface area contributed by atoms with E-state index in [1.54, 1.807) is 0 Å². The largest absolute Gasteiger partial charge is 0.394 e. The molecule has 330 valence electrons. The molecule has 2 aliphatic heterocycles. The number of nitrogens with one attached hydrogen (secondary N) is 1. The van der Waals surface area contributed by atoms with E-state index < -0.39 is 86.8 Å². The highest BCUT2D eigenvalue weighted by Crippen LogP contribution is 2.30. The molecular formula is C43H75NO13. The normalized spacial score (nSPS) is 29.6. The molecule has 0 radical (unpaired) electrons. The van der Waals surface area contributed by atoms with Gasteiger partial charge in [0.25, 0.3) is 0 Å². The molecule has 2 aliphatic rings. The molecule has 57 heavy (non-hydrogen) atoms. The molecule has 2 rings (SSSR count). The van der Waals surface area contributed by atoms with E-state index in [-0.39, 0.29) is 18.9 Å². The number of ether oxygens (including phenoxy) is 4. The third kappa shape index (κ3) is 19.7. The molecule has 0 spiro atoms. The second-order valence-corrected chi connectivity index (χ2v) is 15.1. The maximum atomic E-state index is 13.0. The van der Waals surface area contributed by atoms with Gasteiger partial charge in [0.15, 0.2) is 12.6 Å². The van der Waals surface area contributed by atoms with E-state index in [1.165, 1.54) is 38.5 Å². The summed E-state index contributed by atoms with van der Waals surface area (Å²) in [5, 5.41) is 86.3. The fourth-order valence-electron chi connectivity index (χ4n) is 6.77. The van der Waals surface area contributed by atoms with Crippen molar-refractivity contribution in [3.8, 4) is 0 Å². The Morgan fingerprint density at radius 1 is 0.649 bits per heavy atom. The molecule has 9 N–H and O–H groups in total. The van der Waals surface area contributed by atoms with E-state index in [0.717, 1.165) is 51.4 Å². The highest BCUT2D eigenvalue weighted by atomic mass is 16.7. The highest BCUT2D eigenvalue weighted by molar-refractivity contribution is 5.76. The van der Waals surface area contributed by atoms with Gasteiger partial charge in [0.1, 0.15) is 48.8 Å². The van der Waals surface area contributed by atoms with Crippen LogP contribution in [-0.2, 0) is 23.7 Å². The van der Waals surface area contributed by atoms with Crippen molar-refractivity contribution >= 4 is 5.91 Å². The summed E-state index contributed by atoms with van der Waals surface area (Å²) in [6.45, 7) is 2.61. The molecule has 0 aromatic carbocycles. The van der Waals surface area contributed by atoms with Crippen molar-refractivity contribution in [3.63, 3.8) is 0 Å². The van der Waals surface area contributed by atoms with E-state index in [1.807, 2.05) is 12.2 Å². The van der Waals surface area contributed by atoms with Crippen LogP contribution < -0.4 is 5.32 Å². The number of carbonyl (C=O) groups excluding carboxylic acids is 1. The quantitative estimate of drug-likeness (QED) is 0.0375. The van der Waals surface area contributed by atoms with Crippen molar-refractivity contribution in [3.05, 3.63) is 48.6 Å². The van der Waals surface area contributed by atoms with Gasteiger partial charge >= 0.3 is 0 Å². The summed E-state index contributed by atoms with van der Waals surface area (Å²) in [7, 11) is 0. The van der Waals surface area contributed by atoms with Crippen LogP contribution in [0.15, 0.2) is 48.6 Å². The van der Waals surface area contributed by atoms with Gasteiger partial charge < -0.3 is 65.1 Å². The molecule has 2 fully saturated rings. The van der Waals surface area contributed by atoms with Crippen molar-refractivity contribution in [1.82, 2.24) is 5.32 Å². The average molecular weight is 814 g/mol. The van der Waals surface area contributed by atoms with Gasteiger partial charge in [0.05, 0.1) is 32.0 Å². The lowest BCUT2D eigenvalue weighted by molar-refractivity contribution is -0.359. The average Bonchev–Trinajstić information content (AvgIpc) is 3.21. The lowest BCUT2D eigenvalue weighted by atomic mass is 9.97.